The number of imide groups is 1. The van der Waals surface area contributed by atoms with Gasteiger partial charge in [0, 0.05) is 30.3 Å². The standard InChI is InChI=1S/C20H19N3O6S/c1-2-3-10-21-18(24)12-22-19(25)17(30-20(22)26)11-15-8-9-16(29-15)13-4-6-14(7-5-13)23(27)28/h4-9,11H,2-3,10,12H2,1H3,(H,21,24)/b17-11-. The highest BCUT2D eigenvalue weighted by atomic mass is 32.2. The maximum Gasteiger partial charge on any atom is 0.294 e. The fraction of sp³-hybridized carbons (Fsp3) is 0.250. The van der Waals surface area contributed by atoms with Gasteiger partial charge in [-0.2, -0.15) is 0 Å². The van der Waals surface area contributed by atoms with E-state index in [2.05, 4.69) is 5.32 Å². The van der Waals surface area contributed by atoms with Gasteiger partial charge in [0.05, 0.1) is 9.83 Å². The molecule has 0 aliphatic carbocycles. The number of furan rings is 1. The summed E-state index contributed by atoms with van der Waals surface area (Å²) in [6.07, 6.45) is 3.19. The molecule has 30 heavy (non-hydrogen) atoms. The zero-order valence-electron chi connectivity index (χ0n) is 16.1. The van der Waals surface area contributed by atoms with E-state index in [1.165, 1.54) is 18.2 Å². The first kappa shape index (κ1) is 21.3. The fourth-order valence-corrected chi connectivity index (χ4v) is 3.52. The summed E-state index contributed by atoms with van der Waals surface area (Å²) in [5.41, 5.74) is 0.607. The van der Waals surface area contributed by atoms with E-state index in [0.717, 1.165) is 29.5 Å². The lowest BCUT2D eigenvalue weighted by Gasteiger charge is -2.12. The normalized spacial score (nSPS) is 15.1. The molecule has 1 aliphatic rings. The summed E-state index contributed by atoms with van der Waals surface area (Å²) in [4.78, 5) is 47.8. The van der Waals surface area contributed by atoms with Crippen molar-refractivity contribution in [3.05, 3.63) is 57.2 Å². The van der Waals surface area contributed by atoms with Crippen molar-refractivity contribution >= 4 is 40.6 Å². The minimum Gasteiger partial charge on any atom is -0.457 e. The number of carbonyl (C=O) groups is 3. The molecule has 3 amide bonds. The molecule has 1 N–H and O–H groups in total. The number of benzene rings is 1. The molecule has 156 valence electrons. The van der Waals surface area contributed by atoms with Gasteiger partial charge < -0.3 is 9.73 Å². The van der Waals surface area contributed by atoms with E-state index in [-0.39, 0.29) is 23.0 Å². The quantitative estimate of drug-likeness (QED) is 0.293. The molecule has 1 aromatic carbocycles. The Morgan fingerprint density at radius 2 is 1.97 bits per heavy atom. The van der Waals surface area contributed by atoms with Crippen LogP contribution in [0.1, 0.15) is 25.5 Å². The first-order valence-corrected chi connectivity index (χ1v) is 10.1. The summed E-state index contributed by atoms with van der Waals surface area (Å²) in [7, 11) is 0. The molecule has 1 aromatic heterocycles. The Morgan fingerprint density at radius 3 is 2.63 bits per heavy atom. The van der Waals surface area contributed by atoms with Crippen LogP contribution in [0, 0.1) is 10.1 Å². The van der Waals surface area contributed by atoms with Crippen molar-refractivity contribution in [1.82, 2.24) is 10.2 Å². The van der Waals surface area contributed by atoms with Crippen molar-refractivity contribution in [2.75, 3.05) is 13.1 Å². The van der Waals surface area contributed by atoms with Gasteiger partial charge in [0.1, 0.15) is 18.1 Å². The number of nitrogens with one attached hydrogen (secondary N) is 1. The number of rotatable bonds is 8. The van der Waals surface area contributed by atoms with E-state index in [0.29, 0.717) is 23.6 Å². The average molecular weight is 429 g/mol. The molecule has 1 aliphatic heterocycles. The minimum atomic E-state index is -0.552. The van der Waals surface area contributed by atoms with E-state index in [4.69, 9.17) is 4.42 Å². The van der Waals surface area contributed by atoms with Crippen molar-refractivity contribution in [2.45, 2.75) is 19.8 Å². The minimum absolute atomic E-state index is 0.0297. The molecule has 2 heterocycles. The Balaban J connectivity index is 1.68. The Kier molecular flexibility index (Phi) is 6.68. The number of hydrogen-bond donors (Lipinski definition) is 1. The number of non-ortho nitro benzene ring substituents is 1. The third-order valence-electron chi connectivity index (χ3n) is 4.29. The first-order chi connectivity index (χ1) is 14.4. The molecular formula is C20H19N3O6S. The van der Waals surface area contributed by atoms with Gasteiger partial charge in [-0.15, -0.1) is 0 Å². The van der Waals surface area contributed by atoms with E-state index in [9.17, 15) is 24.5 Å². The number of nitro groups is 1. The van der Waals surface area contributed by atoms with Crippen molar-refractivity contribution in [1.29, 1.82) is 0 Å². The monoisotopic (exact) mass is 429 g/mol. The molecule has 2 aromatic rings. The summed E-state index contributed by atoms with van der Waals surface area (Å²) in [6.45, 7) is 2.17. The van der Waals surface area contributed by atoms with Gasteiger partial charge in [-0.05, 0) is 42.4 Å². The molecule has 0 unspecified atom stereocenters. The predicted molar refractivity (Wildman–Crippen MR) is 111 cm³/mol. The van der Waals surface area contributed by atoms with Crippen molar-refractivity contribution in [3.8, 4) is 11.3 Å². The highest BCUT2D eigenvalue weighted by Gasteiger charge is 2.36. The first-order valence-electron chi connectivity index (χ1n) is 9.25. The second-order valence-corrected chi connectivity index (χ2v) is 7.47. The number of unbranched alkanes of at least 4 members (excludes halogenated alkanes) is 1. The van der Waals surface area contributed by atoms with E-state index in [1.807, 2.05) is 6.92 Å². The smallest absolute Gasteiger partial charge is 0.294 e. The zero-order chi connectivity index (χ0) is 21.7. The van der Waals surface area contributed by atoms with Gasteiger partial charge in [0.25, 0.3) is 16.8 Å². The molecule has 0 atom stereocenters. The molecule has 1 saturated heterocycles. The molecule has 0 saturated carbocycles. The lowest BCUT2D eigenvalue weighted by Crippen LogP contribution is -2.39. The number of nitrogens with zero attached hydrogens (tertiary/aromatic N) is 2. The molecule has 0 bridgehead atoms. The van der Waals surface area contributed by atoms with Crippen LogP contribution in [0.15, 0.2) is 45.7 Å². The number of carbonyl (C=O) groups excluding carboxylic acids is 3. The highest BCUT2D eigenvalue weighted by Crippen LogP contribution is 2.33. The third kappa shape index (κ3) is 4.95. The lowest BCUT2D eigenvalue weighted by atomic mass is 10.1. The topological polar surface area (TPSA) is 123 Å². The third-order valence-corrected chi connectivity index (χ3v) is 5.20. The number of thioether (sulfide) groups is 1. The Morgan fingerprint density at radius 1 is 1.23 bits per heavy atom. The van der Waals surface area contributed by atoms with Crippen LogP contribution in [-0.2, 0) is 9.59 Å². The summed E-state index contributed by atoms with van der Waals surface area (Å²) < 4.78 is 5.68. The second kappa shape index (κ2) is 9.40. The van der Waals surface area contributed by atoms with Gasteiger partial charge in [0.2, 0.25) is 5.91 Å². The summed E-state index contributed by atoms with van der Waals surface area (Å²) in [5.74, 6) is -0.124. The molecule has 3 rings (SSSR count). The van der Waals surface area contributed by atoms with Crippen LogP contribution in [0.4, 0.5) is 10.5 Å². The second-order valence-electron chi connectivity index (χ2n) is 6.48. The highest BCUT2D eigenvalue weighted by molar-refractivity contribution is 8.18. The van der Waals surface area contributed by atoms with Gasteiger partial charge >= 0.3 is 0 Å². The van der Waals surface area contributed by atoms with Crippen LogP contribution in [0.25, 0.3) is 17.4 Å². The van der Waals surface area contributed by atoms with Crippen molar-refractivity contribution in [2.24, 2.45) is 0 Å². The van der Waals surface area contributed by atoms with Crippen molar-refractivity contribution < 1.29 is 23.7 Å². The maximum atomic E-state index is 12.5. The van der Waals surface area contributed by atoms with Gasteiger partial charge in [0.15, 0.2) is 0 Å². The molecular weight excluding hydrogens is 410 g/mol. The van der Waals surface area contributed by atoms with Crippen LogP contribution in [0.5, 0.6) is 0 Å². The van der Waals surface area contributed by atoms with Crippen molar-refractivity contribution in [3.63, 3.8) is 0 Å². The van der Waals surface area contributed by atoms with E-state index >= 15 is 0 Å². The Bertz CT molecular complexity index is 1010. The van der Waals surface area contributed by atoms with E-state index in [1.54, 1.807) is 24.3 Å². The molecule has 10 heteroatoms. The Hall–Kier alpha value is -3.40. The van der Waals surface area contributed by atoms with Crippen LogP contribution in [0.3, 0.4) is 0 Å². The lowest BCUT2D eigenvalue weighted by molar-refractivity contribution is -0.384. The molecule has 0 radical (unpaired) electrons. The maximum absolute atomic E-state index is 12.5. The van der Waals surface area contributed by atoms with Gasteiger partial charge in [-0.3, -0.25) is 29.4 Å². The molecule has 1 fully saturated rings. The Labute approximate surface area is 176 Å². The summed E-state index contributed by atoms with van der Waals surface area (Å²) >= 11 is 0.741. The van der Waals surface area contributed by atoms with Crippen LogP contribution in [0.2, 0.25) is 0 Å². The van der Waals surface area contributed by atoms with Gasteiger partial charge in [-0.1, -0.05) is 13.3 Å². The average Bonchev–Trinajstić information content (AvgIpc) is 3.29. The SMILES string of the molecule is CCCCNC(=O)CN1C(=O)S/C(=C\c2ccc(-c3ccc([N+](=O)[O-])cc3)o2)C1=O. The fourth-order valence-electron chi connectivity index (χ4n) is 2.70. The molecule has 9 nitrogen and oxygen atoms in total. The number of amides is 3. The number of nitro benzene ring substituents is 1. The zero-order valence-corrected chi connectivity index (χ0v) is 16.9. The number of hydrogen-bond acceptors (Lipinski definition) is 7. The van der Waals surface area contributed by atoms with Gasteiger partial charge in [-0.25, -0.2) is 0 Å². The largest absolute Gasteiger partial charge is 0.457 e. The summed E-state index contributed by atoms with van der Waals surface area (Å²) in [6, 6.07) is 9.15. The van der Waals surface area contributed by atoms with Crippen LogP contribution < -0.4 is 5.32 Å². The van der Waals surface area contributed by atoms with E-state index < -0.39 is 16.1 Å². The predicted octanol–water partition coefficient (Wildman–Crippen LogP) is 3.81. The van der Waals surface area contributed by atoms with Crippen LogP contribution in [-0.4, -0.2) is 40.0 Å². The van der Waals surface area contributed by atoms with Crippen LogP contribution >= 0.6 is 11.8 Å². The molecule has 0 spiro atoms. The summed E-state index contributed by atoms with van der Waals surface area (Å²) in [5, 5.41) is 12.9.